The van der Waals surface area contributed by atoms with Gasteiger partial charge in [0.2, 0.25) is 0 Å². The van der Waals surface area contributed by atoms with Gasteiger partial charge < -0.3 is 10.1 Å². The van der Waals surface area contributed by atoms with Crippen molar-refractivity contribution in [3.63, 3.8) is 0 Å². The van der Waals surface area contributed by atoms with E-state index in [-0.39, 0.29) is 17.5 Å². The van der Waals surface area contributed by atoms with E-state index >= 15 is 0 Å². The van der Waals surface area contributed by atoms with E-state index in [9.17, 15) is 4.39 Å². The van der Waals surface area contributed by atoms with Crippen LogP contribution < -0.4 is 5.32 Å². The summed E-state index contributed by atoms with van der Waals surface area (Å²) in [6.07, 6.45) is 1.53. The zero-order valence-corrected chi connectivity index (χ0v) is 13.6. The van der Waals surface area contributed by atoms with Crippen molar-refractivity contribution in [3.8, 4) is 0 Å². The smallest absolute Gasteiger partial charge is 0.123 e. The van der Waals surface area contributed by atoms with Gasteiger partial charge in [-0.1, -0.05) is 25.4 Å². The first-order valence-corrected chi connectivity index (χ1v) is 7.65. The predicted octanol–water partition coefficient (Wildman–Crippen LogP) is 4.20. The maximum absolute atomic E-state index is 13.4. The summed E-state index contributed by atoms with van der Waals surface area (Å²) in [5.41, 5.74) is 0.525. The van der Waals surface area contributed by atoms with Crippen molar-refractivity contribution >= 4 is 11.6 Å². The van der Waals surface area contributed by atoms with Gasteiger partial charge in [-0.25, -0.2) is 4.39 Å². The second-order valence-corrected chi connectivity index (χ2v) is 5.56. The fourth-order valence-corrected chi connectivity index (χ4v) is 2.64. The standard InChI is InChI=1S/C16H25ClFNO/c1-5-16(4,20-7-3)15(19-6-2)11-12-10-13(18)8-9-14(12)17/h8-10,15,19H,5-7,11H2,1-4H3. The first kappa shape index (κ1) is 17.4. The van der Waals surface area contributed by atoms with E-state index in [1.54, 1.807) is 6.07 Å². The summed E-state index contributed by atoms with van der Waals surface area (Å²) in [6, 6.07) is 4.60. The van der Waals surface area contributed by atoms with E-state index in [0.717, 1.165) is 18.5 Å². The lowest BCUT2D eigenvalue weighted by molar-refractivity contribution is -0.0547. The molecule has 2 nitrogen and oxygen atoms in total. The number of benzene rings is 1. The summed E-state index contributed by atoms with van der Waals surface area (Å²) in [7, 11) is 0. The summed E-state index contributed by atoms with van der Waals surface area (Å²) in [6.45, 7) is 9.74. The quantitative estimate of drug-likeness (QED) is 0.777. The zero-order chi connectivity index (χ0) is 15.2. The van der Waals surface area contributed by atoms with E-state index in [1.165, 1.54) is 12.1 Å². The lowest BCUT2D eigenvalue weighted by Gasteiger charge is -2.37. The third kappa shape index (κ3) is 4.44. The van der Waals surface area contributed by atoms with Crippen molar-refractivity contribution in [2.75, 3.05) is 13.2 Å². The van der Waals surface area contributed by atoms with E-state index in [1.807, 2.05) is 6.92 Å². The molecule has 0 bridgehead atoms. The summed E-state index contributed by atoms with van der Waals surface area (Å²) >= 11 is 6.18. The molecule has 0 spiro atoms. The van der Waals surface area contributed by atoms with Crippen molar-refractivity contribution in [1.29, 1.82) is 0 Å². The Hall–Kier alpha value is -0.640. The Morgan fingerprint density at radius 1 is 1.35 bits per heavy atom. The van der Waals surface area contributed by atoms with Crippen LogP contribution in [0, 0.1) is 5.82 Å². The van der Waals surface area contributed by atoms with E-state index in [4.69, 9.17) is 16.3 Å². The first-order valence-electron chi connectivity index (χ1n) is 7.28. The van der Waals surface area contributed by atoms with Gasteiger partial charge in [0.25, 0.3) is 0 Å². The van der Waals surface area contributed by atoms with Crippen molar-refractivity contribution in [3.05, 3.63) is 34.6 Å². The molecule has 4 heteroatoms. The Labute approximate surface area is 126 Å². The number of hydrogen-bond donors (Lipinski definition) is 1. The van der Waals surface area contributed by atoms with E-state index in [0.29, 0.717) is 18.1 Å². The lowest BCUT2D eigenvalue weighted by Crippen LogP contribution is -2.51. The molecule has 0 aliphatic carbocycles. The van der Waals surface area contributed by atoms with E-state index in [2.05, 4.69) is 26.1 Å². The van der Waals surface area contributed by atoms with Crippen molar-refractivity contribution in [2.45, 2.75) is 52.2 Å². The van der Waals surface area contributed by atoms with Crippen LogP contribution >= 0.6 is 11.6 Å². The normalized spacial score (nSPS) is 15.9. The SMILES string of the molecule is CCNC(Cc1cc(F)ccc1Cl)C(C)(CC)OCC. The van der Waals surface area contributed by atoms with Gasteiger partial charge in [-0.05, 0) is 57.0 Å². The third-order valence-corrected chi connectivity index (χ3v) is 4.16. The van der Waals surface area contributed by atoms with Crippen molar-refractivity contribution in [2.24, 2.45) is 0 Å². The van der Waals surface area contributed by atoms with E-state index < -0.39 is 0 Å². The highest BCUT2D eigenvalue weighted by atomic mass is 35.5. The molecule has 0 saturated heterocycles. The molecular weight excluding hydrogens is 277 g/mol. The molecule has 1 rings (SSSR count). The maximum Gasteiger partial charge on any atom is 0.123 e. The van der Waals surface area contributed by atoms with Crippen LogP contribution in [0.25, 0.3) is 0 Å². The van der Waals surface area contributed by atoms with Gasteiger partial charge in [0.15, 0.2) is 0 Å². The zero-order valence-electron chi connectivity index (χ0n) is 12.8. The van der Waals surface area contributed by atoms with Crippen molar-refractivity contribution < 1.29 is 9.13 Å². The minimum Gasteiger partial charge on any atom is -0.374 e. The summed E-state index contributed by atoms with van der Waals surface area (Å²) in [5, 5.41) is 4.05. The summed E-state index contributed by atoms with van der Waals surface area (Å²) < 4.78 is 19.3. The highest BCUT2D eigenvalue weighted by Crippen LogP contribution is 2.26. The Kier molecular flexibility index (Phi) is 6.93. The molecule has 114 valence electrons. The molecule has 1 aromatic rings. The number of nitrogens with one attached hydrogen (secondary N) is 1. The second kappa shape index (κ2) is 7.96. The number of likely N-dealkylation sites (N-methyl/N-ethyl adjacent to an activating group) is 1. The van der Waals surface area contributed by atoms with Gasteiger partial charge in [0.1, 0.15) is 5.82 Å². The molecule has 0 aliphatic rings. The third-order valence-electron chi connectivity index (χ3n) is 3.80. The molecule has 2 atom stereocenters. The van der Waals surface area contributed by atoms with Gasteiger partial charge in [0, 0.05) is 17.7 Å². The van der Waals surface area contributed by atoms with Gasteiger partial charge >= 0.3 is 0 Å². The van der Waals surface area contributed by atoms with Gasteiger partial charge in [-0.15, -0.1) is 0 Å². The Balaban J connectivity index is 2.99. The molecular formula is C16H25ClFNO. The number of rotatable bonds is 8. The predicted molar refractivity (Wildman–Crippen MR) is 82.9 cm³/mol. The Bertz CT molecular complexity index is 427. The van der Waals surface area contributed by atoms with Crippen LogP contribution in [0.4, 0.5) is 4.39 Å². The minimum absolute atomic E-state index is 0.0942. The molecule has 0 heterocycles. The molecule has 20 heavy (non-hydrogen) atoms. The van der Waals surface area contributed by atoms with Crippen LogP contribution in [0.2, 0.25) is 5.02 Å². The Morgan fingerprint density at radius 2 is 2.05 bits per heavy atom. The monoisotopic (exact) mass is 301 g/mol. The number of halogens is 2. The molecule has 1 N–H and O–H groups in total. The summed E-state index contributed by atoms with van der Waals surface area (Å²) in [5.74, 6) is -0.255. The fourth-order valence-electron chi connectivity index (χ4n) is 2.45. The molecule has 0 radical (unpaired) electrons. The second-order valence-electron chi connectivity index (χ2n) is 5.15. The molecule has 0 amide bonds. The summed E-state index contributed by atoms with van der Waals surface area (Å²) in [4.78, 5) is 0. The Morgan fingerprint density at radius 3 is 2.60 bits per heavy atom. The largest absolute Gasteiger partial charge is 0.374 e. The van der Waals surface area contributed by atoms with Crippen LogP contribution in [0.1, 0.15) is 39.7 Å². The van der Waals surface area contributed by atoms with Crippen LogP contribution in [0.3, 0.4) is 0 Å². The molecule has 0 saturated carbocycles. The van der Waals surface area contributed by atoms with Gasteiger partial charge in [-0.3, -0.25) is 0 Å². The highest BCUT2D eigenvalue weighted by molar-refractivity contribution is 6.31. The maximum atomic E-state index is 13.4. The fraction of sp³-hybridized carbons (Fsp3) is 0.625. The number of hydrogen-bond acceptors (Lipinski definition) is 2. The topological polar surface area (TPSA) is 21.3 Å². The molecule has 2 unspecified atom stereocenters. The molecule has 1 aromatic carbocycles. The van der Waals surface area contributed by atoms with Crippen LogP contribution in [0.15, 0.2) is 18.2 Å². The van der Waals surface area contributed by atoms with Gasteiger partial charge in [-0.2, -0.15) is 0 Å². The van der Waals surface area contributed by atoms with Crippen LogP contribution in [-0.4, -0.2) is 24.8 Å². The van der Waals surface area contributed by atoms with Crippen LogP contribution in [0.5, 0.6) is 0 Å². The first-order chi connectivity index (χ1) is 9.46. The average Bonchev–Trinajstić information content (AvgIpc) is 2.42. The molecule has 0 fully saturated rings. The van der Waals surface area contributed by atoms with Gasteiger partial charge in [0.05, 0.1) is 5.60 Å². The minimum atomic E-state index is -0.291. The lowest BCUT2D eigenvalue weighted by atomic mass is 9.88. The molecule has 0 aromatic heterocycles. The number of ether oxygens (including phenoxy) is 1. The molecule has 0 aliphatic heterocycles. The average molecular weight is 302 g/mol. The van der Waals surface area contributed by atoms with Crippen molar-refractivity contribution in [1.82, 2.24) is 5.32 Å². The highest BCUT2D eigenvalue weighted by Gasteiger charge is 2.33. The van der Waals surface area contributed by atoms with Crippen LogP contribution in [-0.2, 0) is 11.2 Å².